The van der Waals surface area contributed by atoms with E-state index in [9.17, 15) is 14.0 Å². The normalized spacial score (nSPS) is 10.4. The molecule has 1 rings (SSSR count). The summed E-state index contributed by atoms with van der Waals surface area (Å²) in [5.74, 6) is -2.10. The molecule has 1 aromatic carbocycles. The van der Waals surface area contributed by atoms with Crippen LogP contribution in [-0.4, -0.2) is 24.6 Å². The Hall–Kier alpha value is -1.63. The molecule has 1 aromatic rings. The molecule has 0 unspecified atom stereocenters. The lowest BCUT2D eigenvalue weighted by Crippen LogP contribution is -2.20. The summed E-state index contributed by atoms with van der Waals surface area (Å²) in [4.78, 5) is 22.9. The molecule has 0 saturated carbocycles. The standard InChI is InChI=1S/C12H13BrFNO4/c1-6(2)19-11(16)5-18-12(17)7-3-10(15)9(14)4-8(7)13/h3-4,6H,5,15H2,1-2H3. The third-order valence-electron chi connectivity index (χ3n) is 1.99. The second kappa shape index (κ2) is 6.51. The molecule has 104 valence electrons. The molecule has 0 bridgehead atoms. The third-order valence-corrected chi connectivity index (χ3v) is 2.65. The summed E-state index contributed by atoms with van der Waals surface area (Å²) in [6.45, 7) is 2.84. The highest BCUT2D eigenvalue weighted by Crippen LogP contribution is 2.23. The fourth-order valence-electron chi connectivity index (χ4n) is 1.22. The quantitative estimate of drug-likeness (QED) is 0.675. The maximum Gasteiger partial charge on any atom is 0.344 e. The molecule has 0 spiro atoms. The summed E-state index contributed by atoms with van der Waals surface area (Å²) < 4.78 is 22.8. The van der Waals surface area contributed by atoms with Crippen molar-refractivity contribution in [3.05, 3.63) is 28.0 Å². The van der Waals surface area contributed by atoms with Crippen LogP contribution < -0.4 is 5.73 Å². The Labute approximate surface area is 118 Å². The van der Waals surface area contributed by atoms with Gasteiger partial charge in [-0.15, -0.1) is 0 Å². The van der Waals surface area contributed by atoms with Gasteiger partial charge >= 0.3 is 11.9 Å². The SMILES string of the molecule is CC(C)OC(=O)COC(=O)c1cc(N)c(F)cc1Br. The first-order valence-electron chi connectivity index (χ1n) is 5.42. The van der Waals surface area contributed by atoms with Gasteiger partial charge in [-0.05, 0) is 41.9 Å². The zero-order valence-corrected chi connectivity index (χ0v) is 12.0. The Morgan fingerprint density at radius 1 is 1.42 bits per heavy atom. The first kappa shape index (κ1) is 15.4. The molecular weight excluding hydrogens is 321 g/mol. The Kier molecular flexibility index (Phi) is 5.29. The van der Waals surface area contributed by atoms with Crippen LogP contribution in [0.25, 0.3) is 0 Å². The Morgan fingerprint density at radius 2 is 2.05 bits per heavy atom. The van der Waals surface area contributed by atoms with Gasteiger partial charge in [-0.3, -0.25) is 0 Å². The fourth-order valence-corrected chi connectivity index (χ4v) is 1.70. The number of nitrogen functional groups attached to an aromatic ring is 1. The van der Waals surface area contributed by atoms with Crippen LogP contribution in [0.15, 0.2) is 16.6 Å². The van der Waals surface area contributed by atoms with E-state index in [1.165, 1.54) is 0 Å². The summed E-state index contributed by atoms with van der Waals surface area (Å²) in [5, 5.41) is 0. The van der Waals surface area contributed by atoms with Gasteiger partial charge in [0.15, 0.2) is 6.61 Å². The number of hydrogen-bond acceptors (Lipinski definition) is 5. The minimum absolute atomic E-state index is 0.0382. The first-order chi connectivity index (χ1) is 8.81. The van der Waals surface area contributed by atoms with Crippen molar-refractivity contribution in [1.29, 1.82) is 0 Å². The topological polar surface area (TPSA) is 78.6 Å². The summed E-state index contributed by atoms with van der Waals surface area (Å²) in [6.07, 6.45) is -0.292. The van der Waals surface area contributed by atoms with Crippen LogP contribution >= 0.6 is 15.9 Å². The Bertz CT molecular complexity index is 505. The summed E-state index contributed by atoms with van der Waals surface area (Å²) >= 11 is 3.02. The summed E-state index contributed by atoms with van der Waals surface area (Å²) in [5.41, 5.74) is 5.21. The second-order valence-electron chi connectivity index (χ2n) is 3.97. The number of hydrogen-bond donors (Lipinski definition) is 1. The van der Waals surface area contributed by atoms with Crippen LogP contribution in [0.4, 0.5) is 10.1 Å². The van der Waals surface area contributed by atoms with Crippen molar-refractivity contribution in [1.82, 2.24) is 0 Å². The van der Waals surface area contributed by atoms with Crippen molar-refractivity contribution in [2.24, 2.45) is 0 Å². The maximum atomic E-state index is 13.1. The van der Waals surface area contributed by atoms with Gasteiger partial charge < -0.3 is 15.2 Å². The molecule has 0 amide bonds. The first-order valence-corrected chi connectivity index (χ1v) is 6.21. The number of esters is 2. The van der Waals surface area contributed by atoms with Gasteiger partial charge in [0.1, 0.15) is 5.82 Å². The number of ether oxygens (including phenoxy) is 2. The molecule has 0 aliphatic heterocycles. The molecule has 2 N–H and O–H groups in total. The van der Waals surface area contributed by atoms with Gasteiger partial charge in [0, 0.05) is 4.47 Å². The van der Waals surface area contributed by atoms with Crippen LogP contribution in [0.3, 0.4) is 0 Å². The van der Waals surface area contributed by atoms with Gasteiger partial charge in [-0.25, -0.2) is 14.0 Å². The third kappa shape index (κ3) is 4.51. The highest BCUT2D eigenvalue weighted by Gasteiger charge is 2.16. The van der Waals surface area contributed by atoms with Gasteiger partial charge in [-0.2, -0.15) is 0 Å². The van der Waals surface area contributed by atoms with Gasteiger partial charge in [0.05, 0.1) is 17.4 Å². The number of carbonyl (C=O) groups is 2. The average Bonchev–Trinajstić information content (AvgIpc) is 2.30. The smallest absolute Gasteiger partial charge is 0.344 e. The van der Waals surface area contributed by atoms with Crippen molar-refractivity contribution in [2.45, 2.75) is 20.0 Å². The van der Waals surface area contributed by atoms with Crippen molar-refractivity contribution >= 4 is 33.6 Å². The molecule has 0 atom stereocenters. The number of rotatable bonds is 4. The number of carbonyl (C=O) groups excluding carboxylic acids is 2. The Balaban J connectivity index is 2.69. The van der Waals surface area contributed by atoms with Crippen molar-refractivity contribution in [3.8, 4) is 0 Å². The van der Waals surface area contributed by atoms with E-state index in [0.29, 0.717) is 0 Å². The highest BCUT2D eigenvalue weighted by atomic mass is 79.9. The van der Waals surface area contributed by atoms with Crippen LogP contribution in [0.1, 0.15) is 24.2 Å². The molecule has 0 heterocycles. The predicted octanol–water partition coefficient (Wildman–Crippen LogP) is 2.28. The molecule has 0 aromatic heterocycles. The average molecular weight is 334 g/mol. The van der Waals surface area contributed by atoms with Crippen molar-refractivity contribution in [2.75, 3.05) is 12.3 Å². The zero-order valence-electron chi connectivity index (χ0n) is 10.4. The van der Waals surface area contributed by atoms with Crippen LogP contribution in [0.5, 0.6) is 0 Å². The van der Waals surface area contributed by atoms with E-state index in [1.54, 1.807) is 13.8 Å². The molecule has 5 nitrogen and oxygen atoms in total. The minimum atomic E-state index is -0.792. The van der Waals surface area contributed by atoms with Crippen LogP contribution in [0, 0.1) is 5.82 Å². The van der Waals surface area contributed by atoms with E-state index >= 15 is 0 Å². The molecule has 0 aliphatic carbocycles. The predicted molar refractivity (Wildman–Crippen MR) is 70.0 cm³/mol. The number of benzene rings is 1. The second-order valence-corrected chi connectivity index (χ2v) is 4.82. The van der Waals surface area contributed by atoms with Crippen molar-refractivity contribution in [3.63, 3.8) is 0 Å². The van der Waals surface area contributed by atoms with Crippen LogP contribution in [0.2, 0.25) is 0 Å². The lowest BCUT2D eigenvalue weighted by molar-refractivity contribution is -0.150. The molecule has 19 heavy (non-hydrogen) atoms. The van der Waals surface area contributed by atoms with E-state index in [4.69, 9.17) is 15.2 Å². The maximum absolute atomic E-state index is 13.1. The Morgan fingerprint density at radius 3 is 2.63 bits per heavy atom. The monoisotopic (exact) mass is 333 g/mol. The van der Waals surface area contributed by atoms with E-state index in [1.807, 2.05) is 0 Å². The van der Waals surface area contributed by atoms with E-state index in [-0.39, 0.29) is 21.8 Å². The number of nitrogens with two attached hydrogens (primary N) is 1. The van der Waals surface area contributed by atoms with Gasteiger partial charge in [0.2, 0.25) is 0 Å². The lowest BCUT2D eigenvalue weighted by Gasteiger charge is -2.09. The van der Waals surface area contributed by atoms with Gasteiger partial charge in [0.25, 0.3) is 0 Å². The number of anilines is 1. The molecule has 0 aliphatic rings. The minimum Gasteiger partial charge on any atom is -0.460 e. The van der Waals surface area contributed by atoms with Gasteiger partial charge in [-0.1, -0.05) is 0 Å². The largest absolute Gasteiger partial charge is 0.460 e. The molecule has 0 fully saturated rings. The molecular formula is C12H13BrFNO4. The van der Waals surface area contributed by atoms with E-state index in [2.05, 4.69) is 15.9 Å². The van der Waals surface area contributed by atoms with Crippen LogP contribution in [-0.2, 0) is 14.3 Å². The summed E-state index contributed by atoms with van der Waals surface area (Å²) in [7, 11) is 0. The van der Waals surface area contributed by atoms with E-state index in [0.717, 1.165) is 12.1 Å². The fraction of sp³-hybridized carbons (Fsp3) is 0.333. The molecule has 0 saturated heterocycles. The summed E-state index contributed by atoms with van der Waals surface area (Å²) in [6, 6.07) is 2.19. The highest BCUT2D eigenvalue weighted by molar-refractivity contribution is 9.10. The number of halogens is 2. The molecule has 0 radical (unpaired) electrons. The zero-order chi connectivity index (χ0) is 14.6. The van der Waals surface area contributed by atoms with Crippen molar-refractivity contribution < 1.29 is 23.5 Å². The van der Waals surface area contributed by atoms with E-state index < -0.39 is 24.4 Å². The molecule has 7 heteroatoms. The lowest BCUT2D eigenvalue weighted by atomic mass is 10.2.